The van der Waals surface area contributed by atoms with Gasteiger partial charge in [-0.25, -0.2) is 0 Å². The molecule has 6 nitrogen and oxygen atoms in total. The topological polar surface area (TPSA) is 69.0 Å². The Bertz CT molecular complexity index is 1030. The van der Waals surface area contributed by atoms with Gasteiger partial charge in [-0.15, -0.1) is 10.2 Å². The van der Waals surface area contributed by atoms with Crippen molar-refractivity contribution in [1.82, 2.24) is 14.8 Å². The first-order valence-electron chi connectivity index (χ1n) is 9.91. The molecular formula is C22H23ClN4O2S. The predicted octanol–water partition coefficient (Wildman–Crippen LogP) is 5.91. The number of benzene rings is 2. The highest BCUT2D eigenvalue weighted by molar-refractivity contribution is 7.99. The van der Waals surface area contributed by atoms with Crippen LogP contribution in [0.1, 0.15) is 44.5 Å². The number of carbonyl (C=O) groups excluding carboxylic acids is 1. The van der Waals surface area contributed by atoms with Crippen molar-refractivity contribution in [3.05, 3.63) is 59.4 Å². The van der Waals surface area contributed by atoms with Crippen molar-refractivity contribution in [3.63, 3.8) is 0 Å². The lowest BCUT2D eigenvalue weighted by atomic mass is 10.2. The van der Waals surface area contributed by atoms with Crippen molar-refractivity contribution < 1.29 is 9.53 Å². The minimum atomic E-state index is -0.0868. The molecule has 30 heavy (non-hydrogen) atoms. The van der Waals surface area contributed by atoms with Crippen LogP contribution in [0.3, 0.4) is 0 Å². The van der Waals surface area contributed by atoms with Crippen LogP contribution in [-0.4, -0.2) is 26.4 Å². The zero-order valence-corrected chi connectivity index (χ0v) is 18.4. The van der Waals surface area contributed by atoms with Crippen LogP contribution in [0, 0.1) is 0 Å². The van der Waals surface area contributed by atoms with Crippen LogP contribution >= 0.6 is 23.4 Å². The maximum atomic E-state index is 12.4. The Morgan fingerprint density at radius 3 is 2.60 bits per heavy atom. The summed E-state index contributed by atoms with van der Waals surface area (Å²) in [4.78, 5) is 12.4. The summed E-state index contributed by atoms with van der Waals surface area (Å²) in [6, 6.07) is 15.0. The number of hydrogen-bond donors (Lipinski definition) is 1. The zero-order valence-electron chi connectivity index (χ0n) is 16.8. The molecule has 1 fully saturated rings. The number of halogens is 1. The summed E-state index contributed by atoms with van der Waals surface area (Å²) in [5.41, 5.74) is 0.707. The van der Waals surface area contributed by atoms with Crippen LogP contribution in [0.5, 0.6) is 11.5 Å². The number of para-hydroxylation sites is 1. The summed E-state index contributed by atoms with van der Waals surface area (Å²) in [6.45, 7) is 4.23. The average molecular weight is 443 g/mol. The van der Waals surface area contributed by atoms with Crippen molar-refractivity contribution in [2.75, 3.05) is 11.1 Å². The minimum absolute atomic E-state index is 0.0868. The Morgan fingerprint density at radius 1 is 1.20 bits per heavy atom. The first-order valence-corrected chi connectivity index (χ1v) is 11.3. The summed E-state index contributed by atoms with van der Waals surface area (Å²) >= 11 is 7.54. The summed E-state index contributed by atoms with van der Waals surface area (Å²) < 4.78 is 7.97. The largest absolute Gasteiger partial charge is 0.456 e. The highest BCUT2D eigenvalue weighted by Gasteiger charge is 2.30. The third-order valence-electron chi connectivity index (χ3n) is 4.65. The van der Waals surface area contributed by atoms with Crippen LogP contribution in [-0.2, 0) is 4.79 Å². The molecule has 0 radical (unpaired) electrons. The van der Waals surface area contributed by atoms with E-state index in [-0.39, 0.29) is 11.7 Å². The number of amides is 1. The van der Waals surface area contributed by atoms with Gasteiger partial charge in [0.15, 0.2) is 5.16 Å². The zero-order chi connectivity index (χ0) is 21.1. The van der Waals surface area contributed by atoms with Gasteiger partial charge in [-0.3, -0.25) is 4.79 Å². The lowest BCUT2D eigenvalue weighted by Crippen LogP contribution is -2.14. The van der Waals surface area contributed by atoms with Gasteiger partial charge in [-0.2, -0.15) is 0 Å². The van der Waals surface area contributed by atoms with Gasteiger partial charge in [0.05, 0.1) is 10.8 Å². The van der Waals surface area contributed by atoms with Crippen LogP contribution in [0.25, 0.3) is 0 Å². The molecule has 3 aromatic rings. The second-order valence-electron chi connectivity index (χ2n) is 7.49. The van der Waals surface area contributed by atoms with Crippen LogP contribution in [0.4, 0.5) is 5.69 Å². The SMILES string of the molecule is CC(C)c1nnc(SCC(=O)Nc2ccc(Oc3ccccc3Cl)cc2)n1C1CC1. The number of rotatable bonds is 8. The molecular weight excluding hydrogens is 420 g/mol. The van der Waals surface area contributed by atoms with Gasteiger partial charge in [0.25, 0.3) is 0 Å². The summed E-state index contributed by atoms with van der Waals surface area (Å²) in [5, 5.41) is 12.9. The van der Waals surface area contributed by atoms with E-state index in [4.69, 9.17) is 16.3 Å². The van der Waals surface area contributed by atoms with Gasteiger partial charge in [0.1, 0.15) is 17.3 Å². The maximum absolute atomic E-state index is 12.4. The molecule has 0 bridgehead atoms. The predicted molar refractivity (Wildman–Crippen MR) is 120 cm³/mol. The smallest absolute Gasteiger partial charge is 0.234 e. The third kappa shape index (κ3) is 4.96. The number of nitrogens with zero attached hydrogens (tertiary/aromatic N) is 3. The molecule has 0 saturated heterocycles. The maximum Gasteiger partial charge on any atom is 0.234 e. The quantitative estimate of drug-likeness (QED) is 0.439. The Morgan fingerprint density at radius 2 is 1.93 bits per heavy atom. The first-order chi connectivity index (χ1) is 14.5. The minimum Gasteiger partial charge on any atom is -0.456 e. The molecule has 1 heterocycles. The molecule has 8 heteroatoms. The molecule has 4 rings (SSSR count). The van der Waals surface area contributed by atoms with E-state index in [9.17, 15) is 4.79 Å². The van der Waals surface area contributed by atoms with E-state index in [1.165, 1.54) is 11.8 Å². The molecule has 156 valence electrons. The molecule has 0 spiro atoms. The lowest BCUT2D eigenvalue weighted by molar-refractivity contribution is -0.113. The van der Waals surface area contributed by atoms with Crippen LogP contribution in [0.15, 0.2) is 53.7 Å². The highest BCUT2D eigenvalue weighted by atomic mass is 35.5. The Labute approximate surface area is 185 Å². The fraction of sp³-hybridized carbons (Fsp3) is 0.318. The Hall–Kier alpha value is -2.51. The highest BCUT2D eigenvalue weighted by Crippen LogP contribution is 2.40. The number of hydrogen-bond acceptors (Lipinski definition) is 5. The van der Waals surface area contributed by atoms with Crippen molar-refractivity contribution in [2.45, 2.75) is 43.8 Å². The number of aromatic nitrogens is 3. The number of ether oxygens (including phenoxy) is 1. The standard InChI is InChI=1S/C22H23ClN4O2S/c1-14(2)21-25-26-22(27(21)16-9-10-16)30-13-20(28)24-15-7-11-17(12-8-15)29-19-6-4-3-5-18(19)23/h3-8,11-12,14,16H,9-10,13H2,1-2H3,(H,24,28). The summed E-state index contributed by atoms with van der Waals surface area (Å²) in [5.74, 6) is 2.74. The van der Waals surface area contributed by atoms with Gasteiger partial charge in [0, 0.05) is 17.6 Å². The molecule has 1 amide bonds. The van der Waals surface area contributed by atoms with E-state index in [2.05, 4.69) is 33.9 Å². The number of nitrogens with one attached hydrogen (secondary N) is 1. The third-order valence-corrected chi connectivity index (χ3v) is 5.91. The van der Waals surface area contributed by atoms with Crippen LogP contribution < -0.4 is 10.1 Å². The summed E-state index contributed by atoms with van der Waals surface area (Å²) in [7, 11) is 0. The van der Waals surface area contributed by atoms with Gasteiger partial charge in [0.2, 0.25) is 5.91 Å². The van der Waals surface area contributed by atoms with E-state index in [1.807, 2.05) is 12.1 Å². The fourth-order valence-corrected chi connectivity index (χ4v) is 4.03. The normalized spacial score (nSPS) is 13.5. The van der Waals surface area contributed by atoms with E-state index in [1.54, 1.807) is 36.4 Å². The second kappa shape index (κ2) is 9.10. The van der Waals surface area contributed by atoms with Gasteiger partial charge in [-0.1, -0.05) is 49.3 Å². The molecule has 1 aromatic heterocycles. The first kappa shape index (κ1) is 20.8. The Kier molecular flexibility index (Phi) is 6.29. The van der Waals surface area contributed by atoms with Crippen LogP contribution in [0.2, 0.25) is 5.02 Å². The second-order valence-corrected chi connectivity index (χ2v) is 8.84. The van der Waals surface area contributed by atoms with Gasteiger partial charge in [-0.05, 0) is 49.2 Å². The van der Waals surface area contributed by atoms with Gasteiger partial charge < -0.3 is 14.6 Å². The fourth-order valence-electron chi connectivity index (χ4n) is 3.04. The lowest BCUT2D eigenvalue weighted by Gasteiger charge is -2.11. The van der Waals surface area contributed by atoms with E-state index >= 15 is 0 Å². The number of thioether (sulfide) groups is 1. The van der Waals surface area contributed by atoms with E-state index in [0.717, 1.165) is 23.8 Å². The number of anilines is 1. The van der Waals surface area contributed by atoms with Crippen molar-refractivity contribution in [2.24, 2.45) is 0 Å². The monoisotopic (exact) mass is 442 g/mol. The number of carbonyl (C=O) groups is 1. The molecule has 0 atom stereocenters. The van der Waals surface area contributed by atoms with Gasteiger partial charge >= 0.3 is 0 Å². The molecule has 2 aromatic carbocycles. The average Bonchev–Trinajstić information content (AvgIpc) is 3.48. The van der Waals surface area contributed by atoms with Crippen molar-refractivity contribution in [1.29, 1.82) is 0 Å². The molecule has 1 aliphatic carbocycles. The molecule has 0 unspecified atom stereocenters. The van der Waals surface area contributed by atoms with E-state index < -0.39 is 0 Å². The Balaban J connectivity index is 1.33. The molecule has 1 saturated carbocycles. The molecule has 0 aliphatic heterocycles. The van der Waals surface area contributed by atoms with E-state index in [0.29, 0.717) is 34.2 Å². The summed E-state index contributed by atoms with van der Waals surface area (Å²) in [6.07, 6.45) is 2.31. The van der Waals surface area contributed by atoms with Crippen molar-refractivity contribution in [3.8, 4) is 11.5 Å². The molecule has 1 aliphatic rings. The van der Waals surface area contributed by atoms with Crippen molar-refractivity contribution >= 4 is 35.0 Å². The molecule has 1 N–H and O–H groups in total.